The molecule has 196 valence electrons. The third kappa shape index (κ3) is 5.37. The number of nitrogens with zero attached hydrogens (tertiary/aromatic N) is 5. The average Bonchev–Trinajstić information content (AvgIpc) is 3.23. The van der Waals surface area contributed by atoms with Crippen LogP contribution in [-0.2, 0) is 4.79 Å². The number of carbonyl (C=O) groups is 2. The fraction of sp³-hybridized carbons (Fsp3) is 0.458. The summed E-state index contributed by atoms with van der Waals surface area (Å²) >= 11 is 12.8. The molecular formula is C24H28Cl2N8O3. The van der Waals surface area contributed by atoms with Gasteiger partial charge in [-0.3, -0.25) is 9.36 Å². The number of nitrogens with one attached hydrogen (secondary N) is 2. The van der Waals surface area contributed by atoms with Crippen molar-refractivity contribution in [3.05, 3.63) is 34.4 Å². The minimum Gasteiger partial charge on any atom is -0.465 e. The number of carbonyl (C=O) groups excluding carboxylic acids is 1. The van der Waals surface area contributed by atoms with Gasteiger partial charge in [0.1, 0.15) is 5.52 Å². The highest BCUT2D eigenvalue weighted by atomic mass is 35.5. The zero-order chi connectivity index (χ0) is 26.1. The maximum atomic E-state index is 11.7. The molecule has 0 bridgehead atoms. The first-order valence-electron chi connectivity index (χ1n) is 12.3. The molecule has 0 spiro atoms. The predicted octanol–water partition coefficient (Wildman–Crippen LogP) is 4.65. The third-order valence-corrected chi connectivity index (χ3v) is 7.75. The van der Waals surface area contributed by atoms with Gasteiger partial charge in [-0.1, -0.05) is 29.3 Å². The van der Waals surface area contributed by atoms with Gasteiger partial charge >= 0.3 is 6.09 Å². The molecule has 1 atom stereocenters. The number of halogens is 2. The summed E-state index contributed by atoms with van der Waals surface area (Å²) in [6.07, 6.45) is 5.11. The number of imidazole rings is 1. The van der Waals surface area contributed by atoms with Crippen LogP contribution >= 0.6 is 23.2 Å². The number of nitrogens with two attached hydrogens (primary N) is 1. The molecule has 3 heterocycles. The van der Waals surface area contributed by atoms with E-state index in [-0.39, 0.29) is 23.9 Å². The number of piperidine rings is 1. The molecule has 2 aromatic heterocycles. The maximum Gasteiger partial charge on any atom is 0.407 e. The SMILES string of the molecule is NC(=O)[C@H]1CC[C@H](n2c(Nc3c(Cl)cccc3Cl)nc3cnc(NC4CCCN(C(=O)O)C4)nc32)CC1. The van der Waals surface area contributed by atoms with Crippen molar-refractivity contribution in [3.8, 4) is 0 Å². The predicted molar refractivity (Wildman–Crippen MR) is 141 cm³/mol. The van der Waals surface area contributed by atoms with Crippen molar-refractivity contribution in [2.45, 2.75) is 50.6 Å². The molecule has 2 amide bonds. The third-order valence-electron chi connectivity index (χ3n) is 7.12. The molecule has 5 rings (SSSR count). The summed E-state index contributed by atoms with van der Waals surface area (Å²) in [6, 6.07) is 5.18. The zero-order valence-electron chi connectivity index (χ0n) is 20.0. The Labute approximate surface area is 223 Å². The van der Waals surface area contributed by atoms with Crippen LogP contribution in [0.15, 0.2) is 24.4 Å². The van der Waals surface area contributed by atoms with Crippen LogP contribution in [0.3, 0.4) is 0 Å². The Morgan fingerprint density at radius 2 is 1.81 bits per heavy atom. The first-order chi connectivity index (χ1) is 17.8. The van der Waals surface area contributed by atoms with Crippen molar-refractivity contribution >= 4 is 64.0 Å². The summed E-state index contributed by atoms with van der Waals surface area (Å²) in [5, 5.41) is 16.9. The lowest BCUT2D eigenvalue weighted by Gasteiger charge is -2.31. The molecule has 2 aliphatic rings. The summed E-state index contributed by atoms with van der Waals surface area (Å²) in [4.78, 5) is 38.5. The second-order valence-corrected chi connectivity index (χ2v) is 10.4. The molecule has 1 saturated heterocycles. The Kier molecular flexibility index (Phi) is 7.25. The topological polar surface area (TPSA) is 151 Å². The standard InChI is InChI=1S/C24H28Cl2N8O3/c25-16-4-1-5-17(26)19(16)31-23-30-18-11-28-22(29-14-3-2-10-33(12-14)24(36)37)32-21(18)34(23)15-8-6-13(7-9-15)20(27)35/h1,4-5,11,13-15H,2-3,6-10,12H2,(H2,27,35)(H,30,31)(H,36,37)(H,28,29,32)/t13-,14?,15-. The lowest BCUT2D eigenvalue weighted by molar-refractivity contribution is -0.122. The van der Waals surface area contributed by atoms with Crippen LogP contribution in [0.25, 0.3) is 11.2 Å². The molecule has 0 radical (unpaired) electrons. The monoisotopic (exact) mass is 546 g/mol. The van der Waals surface area contributed by atoms with Gasteiger partial charge in [0, 0.05) is 31.1 Å². The molecule has 13 heteroatoms. The number of fused-ring (bicyclic) bond motifs is 1. The number of likely N-dealkylation sites (tertiary alicyclic amines) is 1. The summed E-state index contributed by atoms with van der Waals surface area (Å²) in [6.45, 7) is 0.888. The summed E-state index contributed by atoms with van der Waals surface area (Å²) < 4.78 is 2.02. The van der Waals surface area contributed by atoms with Crippen LogP contribution in [0.2, 0.25) is 10.0 Å². The number of benzene rings is 1. The van der Waals surface area contributed by atoms with Gasteiger partial charge in [-0.25, -0.2) is 14.8 Å². The molecule has 37 heavy (non-hydrogen) atoms. The van der Waals surface area contributed by atoms with Crippen molar-refractivity contribution < 1.29 is 14.7 Å². The van der Waals surface area contributed by atoms with Crippen LogP contribution in [0.1, 0.15) is 44.6 Å². The highest BCUT2D eigenvalue weighted by Gasteiger charge is 2.30. The number of carboxylic acid groups (broad SMARTS) is 1. The van der Waals surface area contributed by atoms with E-state index in [0.717, 1.165) is 25.7 Å². The number of hydrogen-bond donors (Lipinski definition) is 4. The second-order valence-electron chi connectivity index (χ2n) is 9.55. The quantitative estimate of drug-likeness (QED) is 0.348. The largest absolute Gasteiger partial charge is 0.465 e. The fourth-order valence-corrected chi connectivity index (χ4v) is 5.69. The van der Waals surface area contributed by atoms with E-state index in [1.54, 1.807) is 24.4 Å². The second kappa shape index (κ2) is 10.6. The smallest absolute Gasteiger partial charge is 0.407 e. The molecule has 5 N–H and O–H groups in total. The number of hydrogen-bond acceptors (Lipinski definition) is 7. The summed E-state index contributed by atoms with van der Waals surface area (Å²) in [7, 11) is 0. The van der Waals surface area contributed by atoms with E-state index in [9.17, 15) is 14.7 Å². The van der Waals surface area contributed by atoms with E-state index >= 15 is 0 Å². The van der Waals surface area contributed by atoms with E-state index in [4.69, 9.17) is 38.9 Å². The molecule has 11 nitrogen and oxygen atoms in total. The van der Waals surface area contributed by atoms with Crippen molar-refractivity contribution in [1.82, 2.24) is 24.4 Å². The van der Waals surface area contributed by atoms with Crippen molar-refractivity contribution in [2.75, 3.05) is 23.7 Å². The highest BCUT2D eigenvalue weighted by molar-refractivity contribution is 6.39. The van der Waals surface area contributed by atoms with Gasteiger partial charge in [0.2, 0.25) is 17.8 Å². The molecule has 1 aliphatic heterocycles. The van der Waals surface area contributed by atoms with Gasteiger partial charge in [0.05, 0.1) is 21.9 Å². The number of primary amides is 1. The Morgan fingerprint density at radius 3 is 2.49 bits per heavy atom. The molecule has 1 aromatic carbocycles. The Balaban J connectivity index is 1.49. The number of para-hydroxylation sites is 1. The lowest BCUT2D eigenvalue weighted by atomic mass is 9.85. The minimum atomic E-state index is -0.929. The number of aromatic nitrogens is 4. The van der Waals surface area contributed by atoms with Crippen molar-refractivity contribution in [2.24, 2.45) is 11.7 Å². The van der Waals surface area contributed by atoms with Crippen molar-refractivity contribution in [1.29, 1.82) is 0 Å². The number of rotatable bonds is 6. The van der Waals surface area contributed by atoms with Crippen LogP contribution in [0.5, 0.6) is 0 Å². The average molecular weight is 547 g/mol. The number of amides is 2. The van der Waals surface area contributed by atoms with Gasteiger partial charge in [0.25, 0.3) is 0 Å². The van der Waals surface area contributed by atoms with Gasteiger partial charge in [-0.05, 0) is 50.7 Å². The lowest BCUT2D eigenvalue weighted by Crippen LogP contribution is -2.44. The highest BCUT2D eigenvalue weighted by Crippen LogP contribution is 2.39. The molecule has 1 unspecified atom stereocenters. The van der Waals surface area contributed by atoms with Gasteiger partial charge < -0.3 is 26.4 Å². The maximum absolute atomic E-state index is 11.7. The van der Waals surface area contributed by atoms with Crippen LogP contribution in [0, 0.1) is 5.92 Å². The fourth-order valence-electron chi connectivity index (χ4n) is 5.19. The number of anilines is 3. The molecule has 1 aliphatic carbocycles. The summed E-state index contributed by atoms with van der Waals surface area (Å²) in [5.74, 6) is 0.510. The van der Waals surface area contributed by atoms with Crippen LogP contribution in [-0.4, -0.2) is 60.7 Å². The van der Waals surface area contributed by atoms with E-state index in [2.05, 4.69) is 15.6 Å². The van der Waals surface area contributed by atoms with Crippen LogP contribution < -0.4 is 16.4 Å². The molecular weight excluding hydrogens is 519 g/mol. The Bertz CT molecular complexity index is 1300. The molecule has 3 aromatic rings. The van der Waals surface area contributed by atoms with E-state index in [0.29, 0.717) is 64.7 Å². The first kappa shape index (κ1) is 25.3. The first-order valence-corrected chi connectivity index (χ1v) is 13.1. The van der Waals surface area contributed by atoms with Crippen molar-refractivity contribution in [3.63, 3.8) is 0 Å². The normalized spacial score (nSPS) is 22.1. The molecule has 1 saturated carbocycles. The summed E-state index contributed by atoms with van der Waals surface area (Å²) in [5.41, 5.74) is 7.30. The van der Waals surface area contributed by atoms with Gasteiger partial charge in [-0.2, -0.15) is 4.98 Å². The minimum absolute atomic E-state index is 0.0179. The molecule has 2 fully saturated rings. The van der Waals surface area contributed by atoms with Gasteiger partial charge in [-0.15, -0.1) is 0 Å². The van der Waals surface area contributed by atoms with E-state index in [1.807, 2.05) is 4.57 Å². The van der Waals surface area contributed by atoms with Gasteiger partial charge in [0.15, 0.2) is 5.65 Å². The zero-order valence-corrected chi connectivity index (χ0v) is 21.5. The van der Waals surface area contributed by atoms with Crippen LogP contribution in [0.4, 0.5) is 22.4 Å². The Hall–Kier alpha value is -3.31. The van der Waals surface area contributed by atoms with E-state index in [1.165, 1.54) is 4.90 Å². The Morgan fingerprint density at radius 1 is 1.08 bits per heavy atom. The van der Waals surface area contributed by atoms with E-state index < -0.39 is 6.09 Å².